The SMILES string of the molecule is CCOc1ccc(NC(=O)C(C)SCC(=O)Nc2ccccc2OC)cc1. The molecule has 0 fully saturated rings. The molecule has 0 aliphatic rings. The molecule has 0 aliphatic carbocycles. The summed E-state index contributed by atoms with van der Waals surface area (Å²) in [5.41, 5.74) is 1.30. The maximum absolute atomic E-state index is 12.3. The molecule has 2 amide bonds. The largest absolute Gasteiger partial charge is 0.495 e. The summed E-state index contributed by atoms with van der Waals surface area (Å²) in [6.07, 6.45) is 0. The molecule has 0 spiro atoms. The molecule has 1 atom stereocenters. The van der Waals surface area contributed by atoms with Gasteiger partial charge in [-0.15, -0.1) is 11.8 Å². The molecule has 27 heavy (non-hydrogen) atoms. The van der Waals surface area contributed by atoms with Crippen molar-refractivity contribution in [3.05, 3.63) is 48.5 Å². The van der Waals surface area contributed by atoms with E-state index in [-0.39, 0.29) is 22.8 Å². The summed E-state index contributed by atoms with van der Waals surface area (Å²) in [6.45, 7) is 4.28. The van der Waals surface area contributed by atoms with E-state index in [1.54, 1.807) is 50.4 Å². The second-order valence-corrected chi connectivity index (χ2v) is 6.98. The van der Waals surface area contributed by atoms with Crippen molar-refractivity contribution in [1.82, 2.24) is 0 Å². The van der Waals surface area contributed by atoms with Crippen LogP contribution in [-0.2, 0) is 9.59 Å². The fraction of sp³-hybridized carbons (Fsp3) is 0.300. The van der Waals surface area contributed by atoms with Crippen molar-refractivity contribution in [1.29, 1.82) is 0 Å². The lowest BCUT2D eigenvalue weighted by molar-refractivity contribution is -0.115. The molecule has 144 valence electrons. The minimum Gasteiger partial charge on any atom is -0.495 e. The van der Waals surface area contributed by atoms with E-state index in [2.05, 4.69) is 10.6 Å². The number of benzene rings is 2. The third-order valence-corrected chi connectivity index (χ3v) is 4.79. The molecule has 0 saturated carbocycles. The van der Waals surface area contributed by atoms with E-state index < -0.39 is 0 Å². The van der Waals surface area contributed by atoms with E-state index in [1.807, 2.05) is 19.1 Å². The van der Waals surface area contributed by atoms with Crippen molar-refractivity contribution >= 4 is 35.0 Å². The Morgan fingerprint density at radius 2 is 1.78 bits per heavy atom. The van der Waals surface area contributed by atoms with Crippen LogP contribution in [0.1, 0.15) is 13.8 Å². The van der Waals surface area contributed by atoms with E-state index in [1.165, 1.54) is 11.8 Å². The molecule has 0 radical (unpaired) electrons. The predicted molar refractivity (Wildman–Crippen MR) is 110 cm³/mol. The van der Waals surface area contributed by atoms with Crippen molar-refractivity contribution in [3.8, 4) is 11.5 Å². The molecule has 2 aromatic carbocycles. The summed E-state index contributed by atoms with van der Waals surface area (Å²) in [5.74, 6) is 1.16. The highest BCUT2D eigenvalue weighted by molar-refractivity contribution is 8.01. The fourth-order valence-electron chi connectivity index (χ4n) is 2.26. The molecule has 2 N–H and O–H groups in total. The zero-order chi connectivity index (χ0) is 19.6. The first kappa shape index (κ1) is 20.6. The third kappa shape index (κ3) is 6.53. The van der Waals surface area contributed by atoms with Crippen molar-refractivity contribution < 1.29 is 19.1 Å². The number of methoxy groups -OCH3 is 1. The summed E-state index contributed by atoms with van der Waals surface area (Å²) >= 11 is 1.27. The Morgan fingerprint density at radius 1 is 1.07 bits per heavy atom. The Hall–Kier alpha value is -2.67. The predicted octanol–water partition coefficient (Wildman–Crippen LogP) is 3.79. The second-order valence-electron chi connectivity index (χ2n) is 5.65. The van der Waals surface area contributed by atoms with Crippen LogP contribution in [0.4, 0.5) is 11.4 Å². The number of anilines is 2. The number of para-hydroxylation sites is 2. The highest BCUT2D eigenvalue weighted by atomic mass is 32.2. The quantitative estimate of drug-likeness (QED) is 0.683. The van der Waals surface area contributed by atoms with Crippen molar-refractivity contribution in [2.45, 2.75) is 19.1 Å². The van der Waals surface area contributed by atoms with Gasteiger partial charge in [-0.25, -0.2) is 0 Å². The molecule has 7 heteroatoms. The van der Waals surface area contributed by atoms with Gasteiger partial charge in [0.1, 0.15) is 11.5 Å². The smallest absolute Gasteiger partial charge is 0.237 e. The average Bonchev–Trinajstić information content (AvgIpc) is 2.68. The first-order chi connectivity index (χ1) is 13.0. The molecular weight excluding hydrogens is 364 g/mol. The number of hydrogen-bond donors (Lipinski definition) is 2. The number of amides is 2. The van der Waals surface area contributed by atoms with Crippen LogP contribution in [0.3, 0.4) is 0 Å². The molecule has 0 bridgehead atoms. The third-order valence-electron chi connectivity index (χ3n) is 3.65. The average molecular weight is 388 g/mol. The van der Waals surface area contributed by atoms with Gasteiger partial charge in [0.2, 0.25) is 11.8 Å². The van der Waals surface area contributed by atoms with Crippen LogP contribution in [0.25, 0.3) is 0 Å². The van der Waals surface area contributed by atoms with Crippen LogP contribution in [0, 0.1) is 0 Å². The van der Waals surface area contributed by atoms with E-state index in [0.29, 0.717) is 23.7 Å². The molecule has 1 unspecified atom stereocenters. The zero-order valence-electron chi connectivity index (χ0n) is 15.7. The molecule has 2 aromatic rings. The highest BCUT2D eigenvalue weighted by Gasteiger charge is 2.16. The van der Waals surface area contributed by atoms with Gasteiger partial charge < -0.3 is 20.1 Å². The van der Waals surface area contributed by atoms with Gasteiger partial charge in [0, 0.05) is 5.69 Å². The van der Waals surface area contributed by atoms with Crippen LogP contribution < -0.4 is 20.1 Å². The van der Waals surface area contributed by atoms with Crippen LogP contribution in [0.5, 0.6) is 11.5 Å². The Morgan fingerprint density at radius 3 is 2.44 bits per heavy atom. The molecule has 2 rings (SSSR count). The van der Waals surface area contributed by atoms with Gasteiger partial charge in [0.15, 0.2) is 0 Å². The van der Waals surface area contributed by atoms with Crippen molar-refractivity contribution in [3.63, 3.8) is 0 Å². The van der Waals surface area contributed by atoms with Crippen LogP contribution in [0.15, 0.2) is 48.5 Å². The van der Waals surface area contributed by atoms with Gasteiger partial charge in [-0.2, -0.15) is 0 Å². The molecule has 0 saturated heterocycles. The Balaban J connectivity index is 1.81. The number of hydrogen-bond acceptors (Lipinski definition) is 5. The summed E-state index contributed by atoms with van der Waals surface area (Å²) < 4.78 is 10.6. The summed E-state index contributed by atoms with van der Waals surface area (Å²) in [5, 5.41) is 5.25. The number of ether oxygens (including phenoxy) is 2. The van der Waals surface area contributed by atoms with Gasteiger partial charge in [-0.1, -0.05) is 12.1 Å². The molecule has 0 heterocycles. The Bertz CT molecular complexity index is 765. The first-order valence-corrected chi connectivity index (χ1v) is 9.66. The van der Waals surface area contributed by atoms with Gasteiger partial charge in [-0.3, -0.25) is 9.59 Å². The highest BCUT2D eigenvalue weighted by Crippen LogP contribution is 2.23. The first-order valence-electron chi connectivity index (χ1n) is 8.61. The van der Waals surface area contributed by atoms with E-state index in [0.717, 1.165) is 5.75 Å². The van der Waals surface area contributed by atoms with E-state index in [9.17, 15) is 9.59 Å². The lowest BCUT2D eigenvalue weighted by atomic mass is 10.3. The minimum absolute atomic E-state index is 0.158. The topological polar surface area (TPSA) is 76.7 Å². The monoisotopic (exact) mass is 388 g/mol. The van der Waals surface area contributed by atoms with Crippen molar-refractivity contribution in [2.75, 3.05) is 30.1 Å². The Kier molecular flexibility index (Phi) is 8.00. The molecule has 0 aromatic heterocycles. The van der Waals surface area contributed by atoms with Crippen LogP contribution in [-0.4, -0.2) is 36.5 Å². The number of carbonyl (C=O) groups excluding carboxylic acids is 2. The Labute approximate surface area is 163 Å². The summed E-state index contributed by atoms with van der Waals surface area (Å²) in [4.78, 5) is 24.4. The molecule has 0 aliphatic heterocycles. The number of thioether (sulfide) groups is 1. The van der Waals surface area contributed by atoms with Gasteiger partial charge in [-0.05, 0) is 50.2 Å². The van der Waals surface area contributed by atoms with E-state index in [4.69, 9.17) is 9.47 Å². The standard InChI is InChI=1S/C20H24N2O4S/c1-4-26-16-11-9-15(10-12-16)21-20(24)14(2)27-13-19(23)22-17-7-5-6-8-18(17)25-3/h5-12,14H,4,13H2,1-3H3,(H,21,24)(H,22,23). The van der Waals surface area contributed by atoms with Crippen LogP contribution >= 0.6 is 11.8 Å². The second kappa shape index (κ2) is 10.5. The number of carbonyl (C=O) groups is 2. The van der Waals surface area contributed by atoms with Crippen molar-refractivity contribution in [2.24, 2.45) is 0 Å². The maximum atomic E-state index is 12.3. The fourth-order valence-corrected chi connectivity index (χ4v) is 2.94. The van der Waals surface area contributed by atoms with E-state index >= 15 is 0 Å². The molecule has 6 nitrogen and oxygen atoms in total. The van der Waals surface area contributed by atoms with Gasteiger partial charge in [0.05, 0.1) is 30.4 Å². The summed E-state index contributed by atoms with van der Waals surface area (Å²) in [6, 6.07) is 14.4. The number of rotatable bonds is 9. The zero-order valence-corrected chi connectivity index (χ0v) is 16.5. The summed E-state index contributed by atoms with van der Waals surface area (Å²) in [7, 11) is 1.55. The number of nitrogens with one attached hydrogen (secondary N) is 2. The lowest BCUT2D eigenvalue weighted by Crippen LogP contribution is -2.25. The lowest BCUT2D eigenvalue weighted by Gasteiger charge is -2.13. The van der Waals surface area contributed by atoms with Gasteiger partial charge in [0.25, 0.3) is 0 Å². The van der Waals surface area contributed by atoms with Gasteiger partial charge >= 0.3 is 0 Å². The van der Waals surface area contributed by atoms with Crippen LogP contribution in [0.2, 0.25) is 0 Å². The maximum Gasteiger partial charge on any atom is 0.237 e. The minimum atomic E-state index is -0.375. The normalized spacial score (nSPS) is 11.4. The molecular formula is C20H24N2O4S.